The Bertz CT molecular complexity index is 584. The number of anilines is 1. The van der Waals surface area contributed by atoms with E-state index in [1.165, 1.54) is 5.56 Å². The summed E-state index contributed by atoms with van der Waals surface area (Å²) in [5, 5.41) is 0. The third kappa shape index (κ3) is 3.11. The van der Waals surface area contributed by atoms with E-state index in [0.717, 1.165) is 31.5 Å². The predicted octanol–water partition coefficient (Wildman–Crippen LogP) is 1.55. The summed E-state index contributed by atoms with van der Waals surface area (Å²) in [7, 11) is 0. The first-order valence-electron chi connectivity index (χ1n) is 8.54. The first kappa shape index (κ1) is 16.0. The molecule has 5 nitrogen and oxygen atoms in total. The Labute approximate surface area is 137 Å². The highest BCUT2D eigenvalue weighted by Gasteiger charge is 2.39. The lowest BCUT2D eigenvalue weighted by Crippen LogP contribution is -2.43. The molecule has 2 amide bonds. The molecule has 0 aromatic heterocycles. The fourth-order valence-electron chi connectivity index (χ4n) is 3.64. The summed E-state index contributed by atoms with van der Waals surface area (Å²) >= 11 is 0. The molecule has 0 aliphatic carbocycles. The molecule has 2 heterocycles. The summed E-state index contributed by atoms with van der Waals surface area (Å²) in [6.45, 7) is 3.87. The van der Waals surface area contributed by atoms with Gasteiger partial charge in [-0.3, -0.25) is 9.59 Å². The maximum absolute atomic E-state index is 12.7. The van der Waals surface area contributed by atoms with Gasteiger partial charge in [-0.2, -0.15) is 0 Å². The molecule has 2 atom stereocenters. The summed E-state index contributed by atoms with van der Waals surface area (Å²) in [5.41, 5.74) is 7.90. The number of nitrogens with two attached hydrogens (primary N) is 1. The Morgan fingerprint density at radius 3 is 2.70 bits per heavy atom. The van der Waals surface area contributed by atoms with Crippen molar-refractivity contribution < 1.29 is 9.59 Å². The van der Waals surface area contributed by atoms with Gasteiger partial charge in [0.05, 0.1) is 5.92 Å². The second-order valence-electron chi connectivity index (χ2n) is 6.49. The van der Waals surface area contributed by atoms with E-state index in [-0.39, 0.29) is 23.8 Å². The van der Waals surface area contributed by atoms with Gasteiger partial charge in [-0.1, -0.05) is 19.1 Å². The van der Waals surface area contributed by atoms with Crippen molar-refractivity contribution in [3.63, 3.8) is 0 Å². The van der Waals surface area contributed by atoms with Gasteiger partial charge in [-0.05, 0) is 37.0 Å². The molecule has 2 unspecified atom stereocenters. The van der Waals surface area contributed by atoms with Gasteiger partial charge in [0, 0.05) is 37.8 Å². The van der Waals surface area contributed by atoms with Crippen LogP contribution in [0.3, 0.4) is 0 Å². The van der Waals surface area contributed by atoms with E-state index in [1.54, 1.807) is 4.90 Å². The Morgan fingerprint density at radius 1 is 1.30 bits per heavy atom. The Hall–Kier alpha value is -1.88. The highest BCUT2D eigenvalue weighted by molar-refractivity contribution is 6.00. The van der Waals surface area contributed by atoms with Crippen LogP contribution >= 0.6 is 0 Å². The number of benzene rings is 1. The van der Waals surface area contributed by atoms with Crippen molar-refractivity contribution in [3.8, 4) is 0 Å². The van der Waals surface area contributed by atoms with Crippen LogP contribution in [0.15, 0.2) is 24.3 Å². The molecule has 2 fully saturated rings. The second kappa shape index (κ2) is 6.71. The molecule has 3 rings (SSSR count). The summed E-state index contributed by atoms with van der Waals surface area (Å²) in [4.78, 5) is 28.7. The zero-order valence-corrected chi connectivity index (χ0v) is 13.7. The van der Waals surface area contributed by atoms with Gasteiger partial charge in [0.15, 0.2) is 0 Å². The third-order valence-electron chi connectivity index (χ3n) is 5.06. The second-order valence-corrected chi connectivity index (χ2v) is 6.49. The maximum atomic E-state index is 12.7. The fourth-order valence-corrected chi connectivity index (χ4v) is 3.64. The quantitative estimate of drug-likeness (QED) is 0.917. The first-order chi connectivity index (χ1) is 11.1. The van der Waals surface area contributed by atoms with Crippen molar-refractivity contribution in [1.82, 2.24) is 4.90 Å². The predicted molar refractivity (Wildman–Crippen MR) is 90.1 cm³/mol. The average molecular weight is 315 g/mol. The van der Waals surface area contributed by atoms with Crippen LogP contribution in [0.1, 0.15) is 31.7 Å². The zero-order chi connectivity index (χ0) is 16.4. The lowest BCUT2D eigenvalue weighted by Gasteiger charge is -2.26. The number of nitrogens with zero attached hydrogens (tertiary/aromatic N) is 2. The van der Waals surface area contributed by atoms with Crippen LogP contribution in [-0.4, -0.2) is 42.4 Å². The third-order valence-corrected chi connectivity index (χ3v) is 5.06. The molecule has 1 aromatic rings. The number of aryl methyl sites for hydroxylation is 1. The van der Waals surface area contributed by atoms with Crippen LogP contribution in [0, 0.1) is 5.92 Å². The summed E-state index contributed by atoms with van der Waals surface area (Å²) in [6, 6.07) is 8.19. The first-order valence-corrected chi connectivity index (χ1v) is 8.54. The lowest BCUT2D eigenvalue weighted by atomic mass is 10.1. The largest absolute Gasteiger partial charge is 0.338 e. The number of carbonyl (C=O) groups excluding carboxylic acids is 2. The minimum Gasteiger partial charge on any atom is -0.338 e. The van der Waals surface area contributed by atoms with Crippen LogP contribution in [0.25, 0.3) is 0 Å². The Morgan fingerprint density at radius 2 is 2.04 bits per heavy atom. The van der Waals surface area contributed by atoms with E-state index in [9.17, 15) is 9.59 Å². The molecule has 0 saturated carbocycles. The van der Waals surface area contributed by atoms with Crippen LogP contribution in [0.2, 0.25) is 0 Å². The zero-order valence-electron chi connectivity index (χ0n) is 13.7. The molecule has 2 aliphatic rings. The van der Waals surface area contributed by atoms with E-state index in [0.29, 0.717) is 19.5 Å². The average Bonchev–Trinajstić information content (AvgIpc) is 3.20. The fraction of sp³-hybridized carbons (Fsp3) is 0.556. The summed E-state index contributed by atoms with van der Waals surface area (Å²) in [5.74, 6) is -0.101. The molecule has 1 aromatic carbocycles. The molecule has 23 heavy (non-hydrogen) atoms. The molecule has 2 saturated heterocycles. The van der Waals surface area contributed by atoms with Crippen LogP contribution in [0.5, 0.6) is 0 Å². The van der Waals surface area contributed by atoms with E-state index in [2.05, 4.69) is 6.92 Å². The van der Waals surface area contributed by atoms with Gasteiger partial charge in [0.1, 0.15) is 0 Å². The van der Waals surface area contributed by atoms with Crippen LogP contribution < -0.4 is 10.6 Å². The van der Waals surface area contributed by atoms with Crippen molar-refractivity contribution in [2.24, 2.45) is 11.7 Å². The minimum atomic E-state index is -0.236. The normalized spacial score (nSPS) is 24.5. The molecule has 5 heteroatoms. The van der Waals surface area contributed by atoms with Gasteiger partial charge in [-0.25, -0.2) is 0 Å². The number of rotatable bonds is 4. The van der Waals surface area contributed by atoms with Gasteiger partial charge in [0.25, 0.3) is 0 Å². The monoisotopic (exact) mass is 315 g/mol. The molecule has 0 bridgehead atoms. The molecular formula is C18H25N3O2. The van der Waals surface area contributed by atoms with E-state index >= 15 is 0 Å². The standard InChI is InChI=1S/C18H25N3O2/c1-2-13-5-7-15(8-6-13)21-12-14(10-17(21)22)18(23)20-9-3-4-16(20)11-19/h5-8,14,16H,2-4,9-12,19H2,1H3. The Kier molecular flexibility index (Phi) is 4.66. The molecule has 2 aliphatic heterocycles. The van der Waals surface area contributed by atoms with Crippen molar-refractivity contribution in [2.45, 2.75) is 38.6 Å². The van der Waals surface area contributed by atoms with Gasteiger partial charge < -0.3 is 15.5 Å². The molecule has 124 valence electrons. The Balaban J connectivity index is 1.70. The smallest absolute Gasteiger partial charge is 0.228 e. The molecular weight excluding hydrogens is 290 g/mol. The number of carbonyl (C=O) groups is 2. The van der Waals surface area contributed by atoms with E-state index < -0.39 is 0 Å². The highest BCUT2D eigenvalue weighted by atomic mass is 16.2. The maximum Gasteiger partial charge on any atom is 0.228 e. The van der Waals surface area contributed by atoms with Gasteiger partial charge >= 0.3 is 0 Å². The summed E-state index contributed by atoms with van der Waals surface area (Å²) in [6.07, 6.45) is 3.27. The minimum absolute atomic E-state index is 0.0380. The van der Waals surface area contributed by atoms with Crippen molar-refractivity contribution >= 4 is 17.5 Å². The number of likely N-dealkylation sites (tertiary alicyclic amines) is 1. The lowest BCUT2D eigenvalue weighted by molar-refractivity contribution is -0.136. The summed E-state index contributed by atoms with van der Waals surface area (Å²) < 4.78 is 0. The molecule has 2 N–H and O–H groups in total. The number of hydrogen-bond donors (Lipinski definition) is 1. The van der Waals surface area contributed by atoms with Crippen molar-refractivity contribution in [3.05, 3.63) is 29.8 Å². The SMILES string of the molecule is CCc1ccc(N2CC(C(=O)N3CCCC3CN)CC2=O)cc1. The molecule has 0 radical (unpaired) electrons. The van der Waals surface area contributed by atoms with Crippen LogP contribution in [0.4, 0.5) is 5.69 Å². The van der Waals surface area contributed by atoms with Crippen molar-refractivity contribution in [2.75, 3.05) is 24.5 Å². The van der Waals surface area contributed by atoms with Gasteiger partial charge in [0.2, 0.25) is 11.8 Å². The topological polar surface area (TPSA) is 66.6 Å². The highest BCUT2D eigenvalue weighted by Crippen LogP contribution is 2.28. The van der Waals surface area contributed by atoms with Crippen molar-refractivity contribution in [1.29, 1.82) is 0 Å². The number of amides is 2. The van der Waals surface area contributed by atoms with Crippen LogP contribution in [-0.2, 0) is 16.0 Å². The van der Waals surface area contributed by atoms with E-state index in [4.69, 9.17) is 5.73 Å². The molecule has 0 spiro atoms. The number of hydrogen-bond acceptors (Lipinski definition) is 3. The van der Waals surface area contributed by atoms with Gasteiger partial charge in [-0.15, -0.1) is 0 Å². The van der Waals surface area contributed by atoms with E-state index in [1.807, 2.05) is 29.2 Å².